The van der Waals surface area contributed by atoms with Crippen LogP contribution in [0.25, 0.3) is 10.9 Å². The summed E-state index contributed by atoms with van der Waals surface area (Å²) in [6.45, 7) is 4.25. The van der Waals surface area contributed by atoms with Crippen molar-refractivity contribution in [2.45, 2.75) is 26.0 Å². The summed E-state index contributed by atoms with van der Waals surface area (Å²) in [6.07, 6.45) is 3.07. The number of rotatable bonds is 7. The molecule has 136 valence electrons. The van der Waals surface area contributed by atoms with Gasteiger partial charge in [0.15, 0.2) is 12.3 Å². The molecule has 0 saturated carbocycles. The normalized spacial score (nSPS) is 11.5. The number of oxazole rings is 1. The zero-order valence-corrected chi connectivity index (χ0v) is 15.0. The van der Waals surface area contributed by atoms with E-state index in [1.54, 1.807) is 13.3 Å². The summed E-state index contributed by atoms with van der Waals surface area (Å²) in [5.41, 5.74) is 0.602. The molecule has 0 radical (unpaired) electrons. The van der Waals surface area contributed by atoms with E-state index in [1.807, 2.05) is 44.2 Å². The number of carbonyl (C=O) groups excluding carboxylic acids is 1. The molecule has 0 aliphatic carbocycles. The fourth-order valence-corrected chi connectivity index (χ4v) is 2.54. The van der Waals surface area contributed by atoms with Gasteiger partial charge in [0, 0.05) is 18.7 Å². The minimum absolute atomic E-state index is 0.126. The first-order chi connectivity index (χ1) is 12.5. The lowest BCUT2D eigenvalue weighted by Gasteiger charge is -2.24. The van der Waals surface area contributed by atoms with Crippen molar-refractivity contribution < 1.29 is 18.7 Å². The molecule has 0 unspecified atom stereocenters. The smallest absolute Gasteiger partial charge is 0.273 e. The van der Waals surface area contributed by atoms with E-state index in [0.29, 0.717) is 18.2 Å². The van der Waals surface area contributed by atoms with E-state index < -0.39 is 5.54 Å². The number of benzene rings is 1. The van der Waals surface area contributed by atoms with E-state index in [-0.39, 0.29) is 18.2 Å². The van der Waals surface area contributed by atoms with Crippen LogP contribution in [-0.2, 0) is 11.3 Å². The fraction of sp³-hybridized carbons (Fsp3) is 0.316. The maximum atomic E-state index is 12.2. The average Bonchev–Trinajstić information content (AvgIpc) is 3.08. The van der Waals surface area contributed by atoms with E-state index in [0.717, 1.165) is 10.9 Å². The number of methoxy groups -OCH3 is 1. The molecule has 2 heterocycles. The SMILES string of the molecule is COCC(C)(C)NC(=O)c1coc(COc2ccc3ncccc3c2)n1. The predicted molar refractivity (Wildman–Crippen MR) is 96.0 cm³/mol. The third kappa shape index (κ3) is 4.37. The van der Waals surface area contributed by atoms with Crippen molar-refractivity contribution in [2.75, 3.05) is 13.7 Å². The largest absolute Gasteiger partial charge is 0.484 e. The predicted octanol–water partition coefficient (Wildman–Crippen LogP) is 2.96. The summed E-state index contributed by atoms with van der Waals surface area (Å²) in [7, 11) is 1.59. The standard InChI is InChI=1S/C19H21N3O4/c1-19(2,12-24-3)22-18(23)16-10-26-17(21-16)11-25-14-6-7-15-13(9-14)5-4-8-20-15/h4-10H,11-12H2,1-3H3,(H,22,23). The van der Waals surface area contributed by atoms with Gasteiger partial charge in [-0.2, -0.15) is 0 Å². The van der Waals surface area contributed by atoms with Crippen molar-refractivity contribution in [1.82, 2.24) is 15.3 Å². The number of amides is 1. The van der Waals surface area contributed by atoms with Crippen molar-refractivity contribution in [3.05, 3.63) is 54.4 Å². The first-order valence-electron chi connectivity index (χ1n) is 8.20. The highest BCUT2D eigenvalue weighted by Gasteiger charge is 2.23. The number of ether oxygens (including phenoxy) is 2. The van der Waals surface area contributed by atoms with Gasteiger partial charge in [0.05, 0.1) is 17.7 Å². The molecule has 3 aromatic rings. The molecule has 1 N–H and O–H groups in total. The van der Waals surface area contributed by atoms with Crippen molar-refractivity contribution in [3.63, 3.8) is 0 Å². The number of fused-ring (bicyclic) bond motifs is 1. The Morgan fingerprint density at radius 3 is 2.96 bits per heavy atom. The molecule has 0 fully saturated rings. The van der Waals surface area contributed by atoms with Gasteiger partial charge in [-0.3, -0.25) is 9.78 Å². The monoisotopic (exact) mass is 355 g/mol. The van der Waals surface area contributed by atoms with Crippen LogP contribution in [0.2, 0.25) is 0 Å². The Morgan fingerprint density at radius 2 is 2.15 bits per heavy atom. The first kappa shape index (κ1) is 17.9. The topological polar surface area (TPSA) is 86.5 Å². The summed E-state index contributed by atoms with van der Waals surface area (Å²) in [6, 6.07) is 9.45. The van der Waals surface area contributed by atoms with E-state index in [1.165, 1.54) is 6.26 Å². The number of nitrogens with zero attached hydrogens (tertiary/aromatic N) is 2. The van der Waals surface area contributed by atoms with Gasteiger partial charge in [-0.05, 0) is 38.1 Å². The Morgan fingerprint density at radius 1 is 1.31 bits per heavy atom. The number of hydrogen-bond donors (Lipinski definition) is 1. The lowest BCUT2D eigenvalue weighted by molar-refractivity contribution is 0.0815. The molecule has 0 aliphatic heterocycles. The molecule has 3 rings (SSSR count). The van der Waals surface area contributed by atoms with Crippen LogP contribution in [0.5, 0.6) is 5.75 Å². The Hall–Kier alpha value is -2.93. The molecule has 2 aromatic heterocycles. The Labute approximate surface area is 151 Å². The second-order valence-electron chi connectivity index (χ2n) is 6.54. The maximum Gasteiger partial charge on any atom is 0.273 e. The van der Waals surface area contributed by atoms with Gasteiger partial charge >= 0.3 is 0 Å². The van der Waals surface area contributed by atoms with Gasteiger partial charge < -0.3 is 19.2 Å². The highest BCUT2D eigenvalue weighted by Crippen LogP contribution is 2.20. The van der Waals surface area contributed by atoms with Crippen LogP contribution in [0, 0.1) is 0 Å². The number of pyridine rings is 1. The van der Waals surface area contributed by atoms with E-state index in [4.69, 9.17) is 13.9 Å². The molecule has 7 nitrogen and oxygen atoms in total. The number of nitrogens with one attached hydrogen (secondary N) is 1. The Balaban J connectivity index is 1.61. The van der Waals surface area contributed by atoms with Crippen molar-refractivity contribution in [3.8, 4) is 5.75 Å². The Kier molecular flexibility index (Phi) is 5.18. The van der Waals surface area contributed by atoms with Crippen LogP contribution < -0.4 is 10.1 Å². The van der Waals surface area contributed by atoms with Gasteiger partial charge in [-0.25, -0.2) is 4.98 Å². The summed E-state index contributed by atoms with van der Waals surface area (Å²) >= 11 is 0. The summed E-state index contributed by atoms with van der Waals surface area (Å²) < 4.78 is 16.1. The molecule has 0 spiro atoms. The molecule has 0 saturated heterocycles. The lowest BCUT2D eigenvalue weighted by Crippen LogP contribution is -2.46. The van der Waals surface area contributed by atoms with Gasteiger partial charge in [0.25, 0.3) is 5.91 Å². The first-order valence-corrected chi connectivity index (χ1v) is 8.20. The maximum absolute atomic E-state index is 12.2. The summed E-state index contributed by atoms with van der Waals surface area (Å²) in [4.78, 5) is 20.7. The van der Waals surface area contributed by atoms with Gasteiger partial charge in [-0.1, -0.05) is 6.07 Å². The van der Waals surface area contributed by atoms with Crippen LogP contribution in [0.4, 0.5) is 0 Å². The van der Waals surface area contributed by atoms with E-state index in [9.17, 15) is 4.79 Å². The molecule has 26 heavy (non-hydrogen) atoms. The minimum Gasteiger partial charge on any atom is -0.484 e. The third-order valence-electron chi connectivity index (χ3n) is 3.68. The van der Waals surface area contributed by atoms with Gasteiger partial charge in [0.2, 0.25) is 5.89 Å². The zero-order chi connectivity index (χ0) is 18.6. The summed E-state index contributed by atoms with van der Waals surface area (Å²) in [5, 5.41) is 3.83. The highest BCUT2D eigenvalue weighted by molar-refractivity contribution is 5.92. The quantitative estimate of drug-likeness (QED) is 0.701. The average molecular weight is 355 g/mol. The molecule has 0 aliphatic rings. The van der Waals surface area contributed by atoms with Gasteiger partial charge in [-0.15, -0.1) is 0 Å². The molecule has 0 bridgehead atoms. The van der Waals surface area contributed by atoms with Crippen molar-refractivity contribution >= 4 is 16.8 Å². The van der Waals surface area contributed by atoms with Crippen LogP contribution in [0.3, 0.4) is 0 Å². The molecule has 0 atom stereocenters. The van der Waals surface area contributed by atoms with E-state index in [2.05, 4.69) is 15.3 Å². The van der Waals surface area contributed by atoms with Crippen LogP contribution >= 0.6 is 0 Å². The van der Waals surface area contributed by atoms with Crippen molar-refractivity contribution in [2.24, 2.45) is 0 Å². The van der Waals surface area contributed by atoms with Crippen LogP contribution in [0.1, 0.15) is 30.2 Å². The second-order valence-corrected chi connectivity index (χ2v) is 6.54. The number of aromatic nitrogens is 2. The number of hydrogen-bond acceptors (Lipinski definition) is 6. The second kappa shape index (κ2) is 7.53. The molecular formula is C19H21N3O4. The summed E-state index contributed by atoms with van der Waals surface area (Å²) in [5.74, 6) is 0.681. The molecular weight excluding hydrogens is 334 g/mol. The highest BCUT2D eigenvalue weighted by atomic mass is 16.5. The van der Waals surface area contributed by atoms with E-state index >= 15 is 0 Å². The third-order valence-corrected chi connectivity index (χ3v) is 3.68. The molecule has 1 amide bonds. The van der Waals surface area contributed by atoms with Crippen LogP contribution in [0.15, 0.2) is 47.2 Å². The number of carbonyl (C=O) groups is 1. The van der Waals surface area contributed by atoms with Crippen molar-refractivity contribution in [1.29, 1.82) is 0 Å². The Bertz CT molecular complexity index is 904. The fourth-order valence-electron chi connectivity index (χ4n) is 2.54. The lowest BCUT2D eigenvalue weighted by atomic mass is 10.1. The van der Waals surface area contributed by atoms with Crippen LogP contribution in [-0.4, -0.2) is 35.1 Å². The molecule has 7 heteroatoms. The van der Waals surface area contributed by atoms with Gasteiger partial charge in [0.1, 0.15) is 12.0 Å². The minimum atomic E-state index is -0.499. The zero-order valence-electron chi connectivity index (χ0n) is 15.0. The molecule has 1 aromatic carbocycles.